The van der Waals surface area contributed by atoms with Crippen molar-refractivity contribution in [2.45, 2.75) is 0 Å². The lowest BCUT2D eigenvalue weighted by Crippen LogP contribution is -2.00. The number of nitrogens with zero attached hydrogens (tertiary/aromatic N) is 5. The smallest absolute Gasteiger partial charge is 0.141 e. The number of rotatable bonds is 3. The highest BCUT2D eigenvalue weighted by atomic mass is 127. The number of hydrogen-bond acceptors (Lipinski definition) is 5. The summed E-state index contributed by atoms with van der Waals surface area (Å²) in [6, 6.07) is 14.0. The van der Waals surface area contributed by atoms with E-state index < -0.39 is 0 Å². The van der Waals surface area contributed by atoms with Gasteiger partial charge in [-0.2, -0.15) is 5.10 Å². The second-order valence-electron chi connectivity index (χ2n) is 4.87. The van der Waals surface area contributed by atoms with Crippen LogP contribution in [0, 0.1) is 3.57 Å². The second kappa shape index (κ2) is 5.92. The molecule has 6 nitrogen and oxygen atoms in total. The molecule has 0 spiro atoms. The molecule has 7 heteroatoms. The lowest BCUT2D eigenvalue weighted by atomic mass is 10.2. The summed E-state index contributed by atoms with van der Waals surface area (Å²) >= 11 is 2.29. The first-order valence-electron chi connectivity index (χ1n) is 6.92. The van der Waals surface area contributed by atoms with Crippen LogP contribution in [0.1, 0.15) is 0 Å². The highest BCUT2D eigenvalue weighted by Gasteiger charge is 2.07. The maximum Gasteiger partial charge on any atom is 0.141 e. The molecule has 0 fully saturated rings. The lowest BCUT2D eigenvalue weighted by molar-refractivity contribution is 0.878. The van der Waals surface area contributed by atoms with E-state index in [0.29, 0.717) is 0 Å². The Morgan fingerprint density at radius 3 is 2.74 bits per heavy atom. The molecule has 0 saturated heterocycles. The van der Waals surface area contributed by atoms with E-state index in [1.165, 1.54) is 6.33 Å². The molecule has 2 aromatic carbocycles. The Bertz CT molecular complexity index is 962. The van der Waals surface area contributed by atoms with Crippen molar-refractivity contribution in [3.8, 4) is 5.69 Å². The van der Waals surface area contributed by atoms with E-state index in [0.717, 1.165) is 31.7 Å². The number of anilines is 2. The Morgan fingerprint density at radius 1 is 1.00 bits per heavy atom. The van der Waals surface area contributed by atoms with Gasteiger partial charge in [-0.25, -0.2) is 19.6 Å². The third-order valence-electron chi connectivity index (χ3n) is 3.43. The van der Waals surface area contributed by atoms with Gasteiger partial charge in [-0.1, -0.05) is 12.1 Å². The highest BCUT2D eigenvalue weighted by molar-refractivity contribution is 14.1. The predicted octanol–water partition coefficient (Wildman–Crippen LogP) is 3.56. The fraction of sp³-hybridized carbons (Fsp3) is 0. The molecule has 0 saturated carbocycles. The number of para-hydroxylation sites is 1. The molecule has 23 heavy (non-hydrogen) atoms. The zero-order chi connectivity index (χ0) is 15.6. The van der Waals surface area contributed by atoms with Gasteiger partial charge in [-0.3, -0.25) is 0 Å². The Morgan fingerprint density at radius 2 is 1.91 bits per heavy atom. The fourth-order valence-corrected chi connectivity index (χ4v) is 2.96. The van der Waals surface area contributed by atoms with Crippen LogP contribution in [0.4, 0.5) is 11.5 Å². The molecule has 0 aliphatic heterocycles. The van der Waals surface area contributed by atoms with Crippen molar-refractivity contribution in [3.63, 3.8) is 0 Å². The van der Waals surface area contributed by atoms with E-state index in [1.807, 2.05) is 42.5 Å². The third kappa shape index (κ3) is 2.74. The quantitative estimate of drug-likeness (QED) is 0.520. The number of hydrogen-bond donors (Lipinski definition) is 1. The van der Waals surface area contributed by atoms with Crippen LogP contribution in [0.25, 0.3) is 16.6 Å². The van der Waals surface area contributed by atoms with E-state index in [2.05, 4.69) is 48.0 Å². The SMILES string of the molecule is Ic1cc(-n2cncn2)ccc1Nc1ncnc2ccccc12. The summed E-state index contributed by atoms with van der Waals surface area (Å²) in [6.07, 6.45) is 4.77. The normalized spacial score (nSPS) is 10.8. The van der Waals surface area contributed by atoms with Crippen LogP contribution in [0.3, 0.4) is 0 Å². The van der Waals surface area contributed by atoms with E-state index in [9.17, 15) is 0 Å². The molecule has 4 rings (SSSR count). The molecule has 2 aromatic heterocycles. The first kappa shape index (κ1) is 14.1. The van der Waals surface area contributed by atoms with Gasteiger partial charge in [0.05, 0.1) is 16.9 Å². The van der Waals surface area contributed by atoms with Gasteiger partial charge in [-0.15, -0.1) is 0 Å². The molecule has 0 amide bonds. The molecule has 0 atom stereocenters. The molecule has 0 unspecified atom stereocenters. The number of halogens is 1. The molecule has 0 aliphatic rings. The Labute approximate surface area is 145 Å². The number of benzene rings is 2. The molecule has 0 bridgehead atoms. The highest BCUT2D eigenvalue weighted by Crippen LogP contribution is 2.27. The van der Waals surface area contributed by atoms with Crippen LogP contribution in [-0.4, -0.2) is 24.7 Å². The topological polar surface area (TPSA) is 68.5 Å². The van der Waals surface area contributed by atoms with Gasteiger partial charge in [0.2, 0.25) is 0 Å². The lowest BCUT2D eigenvalue weighted by Gasteiger charge is -2.11. The van der Waals surface area contributed by atoms with Crippen molar-refractivity contribution in [2.75, 3.05) is 5.32 Å². The van der Waals surface area contributed by atoms with Crippen LogP contribution < -0.4 is 5.32 Å². The second-order valence-corrected chi connectivity index (χ2v) is 6.03. The van der Waals surface area contributed by atoms with Gasteiger partial charge < -0.3 is 5.32 Å². The minimum absolute atomic E-state index is 0.794. The summed E-state index contributed by atoms with van der Waals surface area (Å²) in [6.45, 7) is 0. The molecule has 0 radical (unpaired) electrons. The summed E-state index contributed by atoms with van der Waals surface area (Å²) in [7, 11) is 0. The molecule has 4 aromatic rings. The summed E-state index contributed by atoms with van der Waals surface area (Å²) < 4.78 is 2.80. The van der Waals surface area contributed by atoms with Crippen LogP contribution >= 0.6 is 22.6 Å². The Hall–Kier alpha value is -2.55. The van der Waals surface area contributed by atoms with Crippen molar-refractivity contribution < 1.29 is 0 Å². The molecular formula is C16H11IN6. The predicted molar refractivity (Wildman–Crippen MR) is 96.9 cm³/mol. The number of fused-ring (bicyclic) bond motifs is 1. The molecule has 112 valence electrons. The molecule has 1 N–H and O–H groups in total. The zero-order valence-corrected chi connectivity index (χ0v) is 14.0. The van der Waals surface area contributed by atoms with Gasteiger partial charge in [0, 0.05) is 8.96 Å². The average molecular weight is 414 g/mol. The van der Waals surface area contributed by atoms with Crippen LogP contribution in [-0.2, 0) is 0 Å². The van der Waals surface area contributed by atoms with Gasteiger partial charge >= 0.3 is 0 Å². The Balaban J connectivity index is 1.71. The van der Waals surface area contributed by atoms with E-state index in [1.54, 1.807) is 17.3 Å². The summed E-state index contributed by atoms with van der Waals surface area (Å²) in [5.41, 5.74) is 2.86. The van der Waals surface area contributed by atoms with Crippen molar-refractivity contribution in [1.29, 1.82) is 0 Å². The van der Waals surface area contributed by atoms with Gasteiger partial charge in [0.1, 0.15) is 24.8 Å². The Kier molecular flexibility index (Phi) is 3.62. The van der Waals surface area contributed by atoms with Crippen molar-refractivity contribution in [2.24, 2.45) is 0 Å². The maximum absolute atomic E-state index is 4.36. The minimum atomic E-state index is 0.794. The zero-order valence-electron chi connectivity index (χ0n) is 11.9. The van der Waals surface area contributed by atoms with Gasteiger partial charge in [0.25, 0.3) is 0 Å². The first-order chi connectivity index (χ1) is 11.3. The maximum atomic E-state index is 4.36. The van der Waals surface area contributed by atoms with E-state index in [4.69, 9.17) is 0 Å². The van der Waals surface area contributed by atoms with Gasteiger partial charge in [0.15, 0.2) is 0 Å². The summed E-state index contributed by atoms with van der Waals surface area (Å²) in [4.78, 5) is 12.6. The van der Waals surface area contributed by atoms with E-state index in [-0.39, 0.29) is 0 Å². The summed E-state index contributed by atoms with van der Waals surface area (Å²) in [5.74, 6) is 0.794. The van der Waals surface area contributed by atoms with Crippen molar-refractivity contribution >= 4 is 45.0 Å². The molecule has 0 aliphatic carbocycles. The van der Waals surface area contributed by atoms with Crippen molar-refractivity contribution in [1.82, 2.24) is 24.7 Å². The van der Waals surface area contributed by atoms with Crippen LogP contribution in [0.15, 0.2) is 61.4 Å². The molecule has 2 heterocycles. The standard InChI is InChI=1S/C16H11IN6/c17-13-7-11(23-10-18-8-21-23)5-6-15(13)22-16-12-3-1-2-4-14(12)19-9-20-16/h1-10H,(H,19,20,22). The largest absolute Gasteiger partial charge is 0.339 e. The minimum Gasteiger partial charge on any atom is -0.339 e. The molecular weight excluding hydrogens is 403 g/mol. The first-order valence-corrected chi connectivity index (χ1v) is 8.00. The number of nitrogens with one attached hydrogen (secondary N) is 1. The van der Waals surface area contributed by atoms with Crippen LogP contribution in [0.5, 0.6) is 0 Å². The van der Waals surface area contributed by atoms with Crippen LogP contribution in [0.2, 0.25) is 0 Å². The van der Waals surface area contributed by atoms with E-state index >= 15 is 0 Å². The fourth-order valence-electron chi connectivity index (χ4n) is 2.32. The average Bonchev–Trinajstić information content (AvgIpc) is 3.11. The number of aromatic nitrogens is 5. The van der Waals surface area contributed by atoms with Crippen molar-refractivity contribution in [3.05, 3.63) is 65.0 Å². The third-order valence-corrected chi connectivity index (χ3v) is 4.32. The summed E-state index contributed by atoms with van der Waals surface area (Å²) in [5, 5.41) is 8.52. The van der Waals surface area contributed by atoms with Gasteiger partial charge in [-0.05, 0) is 52.9 Å². The monoisotopic (exact) mass is 414 g/mol.